The minimum atomic E-state index is -0.699. The number of Topliss-reactive ketones (excluding diaryl/α,β-unsaturated/α-hetero) is 1. The Hall–Kier alpha value is -4.25. The van der Waals surface area contributed by atoms with Crippen LogP contribution in [0.3, 0.4) is 0 Å². The van der Waals surface area contributed by atoms with Gasteiger partial charge in [0.2, 0.25) is 0 Å². The Morgan fingerprint density at radius 1 is 0.875 bits per heavy atom. The van der Waals surface area contributed by atoms with Crippen molar-refractivity contribution in [1.82, 2.24) is 9.88 Å². The minimum Gasteiger partial charge on any atom is -0.507 e. The highest BCUT2D eigenvalue weighted by molar-refractivity contribution is 6.46. The first-order valence-corrected chi connectivity index (χ1v) is 10.4. The monoisotopic (exact) mass is 420 g/mol. The Balaban J connectivity index is 1.70. The molecule has 3 aromatic carbocycles. The van der Waals surface area contributed by atoms with Gasteiger partial charge in [0.25, 0.3) is 11.7 Å². The third-order valence-corrected chi connectivity index (χ3v) is 5.78. The van der Waals surface area contributed by atoms with E-state index < -0.39 is 17.7 Å². The molecule has 0 aliphatic carbocycles. The van der Waals surface area contributed by atoms with Gasteiger partial charge in [0, 0.05) is 24.5 Å². The average Bonchev–Trinajstić information content (AvgIpc) is 3.09. The van der Waals surface area contributed by atoms with Gasteiger partial charge in [0.1, 0.15) is 5.76 Å². The molecule has 1 unspecified atom stereocenters. The van der Waals surface area contributed by atoms with Crippen LogP contribution in [0, 0.1) is 0 Å². The summed E-state index contributed by atoms with van der Waals surface area (Å²) in [7, 11) is 0. The van der Waals surface area contributed by atoms with E-state index in [1.807, 2.05) is 72.8 Å². The topological polar surface area (TPSA) is 70.5 Å². The molecule has 1 N–H and O–H groups in total. The van der Waals surface area contributed by atoms with Crippen LogP contribution in [-0.4, -0.2) is 26.7 Å². The molecule has 32 heavy (non-hydrogen) atoms. The first-order chi connectivity index (χ1) is 15.6. The Bertz CT molecular complexity index is 1340. The second kappa shape index (κ2) is 8.12. The van der Waals surface area contributed by atoms with Crippen LogP contribution in [0.2, 0.25) is 0 Å². The maximum Gasteiger partial charge on any atom is 0.295 e. The van der Waals surface area contributed by atoms with Crippen molar-refractivity contribution >= 4 is 28.2 Å². The van der Waals surface area contributed by atoms with Gasteiger partial charge in [-0.05, 0) is 28.0 Å². The molecule has 1 aliphatic rings. The quantitative estimate of drug-likeness (QED) is 0.291. The summed E-state index contributed by atoms with van der Waals surface area (Å²) >= 11 is 0. The van der Waals surface area contributed by atoms with Gasteiger partial charge in [-0.15, -0.1) is 0 Å². The predicted molar refractivity (Wildman–Crippen MR) is 122 cm³/mol. The lowest BCUT2D eigenvalue weighted by molar-refractivity contribution is -0.140. The Labute approximate surface area is 185 Å². The van der Waals surface area contributed by atoms with Crippen molar-refractivity contribution in [2.24, 2.45) is 0 Å². The van der Waals surface area contributed by atoms with Crippen molar-refractivity contribution < 1.29 is 14.7 Å². The third-order valence-electron chi connectivity index (χ3n) is 5.78. The van der Waals surface area contributed by atoms with Crippen LogP contribution in [0.15, 0.2) is 103 Å². The van der Waals surface area contributed by atoms with Crippen LogP contribution in [0.4, 0.5) is 0 Å². The fourth-order valence-electron chi connectivity index (χ4n) is 4.29. The highest BCUT2D eigenvalue weighted by atomic mass is 16.3. The molecule has 1 aliphatic heterocycles. The van der Waals surface area contributed by atoms with E-state index in [0.717, 1.165) is 21.9 Å². The van der Waals surface area contributed by atoms with Crippen LogP contribution in [0.5, 0.6) is 0 Å². The fourth-order valence-corrected chi connectivity index (χ4v) is 4.29. The molecule has 0 saturated carbocycles. The van der Waals surface area contributed by atoms with Gasteiger partial charge < -0.3 is 10.0 Å². The molecule has 1 aromatic heterocycles. The number of rotatable bonds is 4. The summed E-state index contributed by atoms with van der Waals surface area (Å²) in [6.07, 6.45) is 3.33. The second-order valence-electron chi connectivity index (χ2n) is 7.73. The lowest BCUT2D eigenvalue weighted by Crippen LogP contribution is -2.29. The number of pyridine rings is 1. The van der Waals surface area contributed by atoms with Crippen molar-refractivity contribution in [3.05, 3.63) is 120 Å². The zero-order valence-electron chi connectivity index (χ0n) is 17.2. The fraction of sp³-hybridized carbons (Fsp3) is 0.0741. The summed E-state index contributed by atoms with van der Waals surface area (Å²) in [6, 6.07) is 25.5. The first kappa shape index (κ1) is 19.7. The van der Waals surface area contributed by atoms with Crippen molar-refractivity contribution in [2.45, 2.75) is 12.6 Å². The number of likely N-dealkylation sites (tertiary alicyclic amines) is 1. The third kappa shape index (κ3) is 3.34. The predicted octanol–water partition coefficient (Wildman–Crippen LogP) is 4.86. The van der Waals surface area contributed by atoms with E-state index in [1.54, 1.807) is 24.5 Å². The Morgan fingerprint density at radius 2 is 1.62 bits per heavy atom. The van der Waals surface area contributed by atoms with Crippen molar-refractivity contribution in [1.29, 1.82) is 0 Å². The molecule has 2 heterocycles. The number of ketones is 1. The Kier molecular flexibility index (Phi) is 5.00. The van der Waals surface area contributed by atoms with E-state index in [0.29, 0.717) is 5.56 Å². The number of aliphatic hydroxyl groups excluding tert-OH is 1. The number of nitrogens with zero attached hydrogens (tertiary/aromatic N) is 2. The van der Waals surface area contributed by atoms with Gasteiger partial charge in [-0.3, -0.25) is 14.6 Å². The summed E-state index contributed by atoms with van der Waals surface area (Å²) < 4.78 is 0. The first-order valence-electron chi connectivity index (χ1n) is 10.4. The second-order valence-corrected chi connectivity index (χ2v) is 7.73. The number of benzene rings is 3. The Morgan fingerprint density at radius 3 is 2.41 bits per heavy atom. The summed E-state index contributed by atoms with van der Waals surface area (Å²) in [6.45, 7) is 0.213. The molecule has 0 radical (unpaired) electrons. The number of amides is 1. The van der Waals surface area contributed by atoms with Crippen LogP contribution in [-0.2, 0) is 16.1 Å². The summed E-state index contributed by atoms with van der Waals surface area (Å²) in [5.74, 6) is -1.49. The molecule has 5 heteroatoms. The number of fused-ring (bicyclic) bond motifs is 1. The van der Waals surface area contributed by atoms with E-state index >= 15 is 0 Å². The van der Waals surface area contributed by atoms with E-state index in [9.17, 15) is 14.7 Å². The SMILES string of the molecule is O=C1C(=O)N(Cc2cccnc2)C(c2ccccc2)/C1=C(/O)c1cccc2ccccc12. The molecule has 1 saturated heterocycles. The lowest BCUT2D eigenvalue weighted by atomic mass is 9.93. The van der Waals surface area contributed by atoms with Crippen LogP contribution >= 0.6 is 0 Å². The number of hydrogen-bond donors (Lipinski definition) is 1. The molecule has 156 valence electrons. The molecular formula is C27H20N2O3. The van der Waals surface area contributed by atoms with E-state index in [1.165, 1.54) is 4.90 Å². The van der Waals surface area contributed by atoms with Gasteiger partial charge in [-0.1, -0.05) is 78.9 Å². The highest BCUT2D eigenvalue weighted by Crippen LogP contribution is 2.41. The van der Waals surface area contributed by atoms with Crippen molar-refractivity contribution in [3.8, 4) is 0 Å². The number of carbonyl (C=O) groups excluding carboxylic acids is 2. The van der Waals surface area contributed by atoms with Gasteiger partial charge in [0.05, 0.1) is 11.6 Å². The molecule has 4 aromatic rings. The highest BCUT2D eigenvalue weighted by Gasteiger charge is 2.46. The number of aromatic nitrogens is 1. The summed E-state index contributed by atoms with van der Waals surface area (Å²) in [4.78, 5) is 32.0. The molecule has 0 spiro atoms. The van der Waals surface area contributed by atoms with Crippen molar-refractivity contribution in [3.63, 3.8) is 0 Å². The van der Waals surface area contributed by atoms with Crippen LogP contribution < -0.4 is 0 Å². The normalized spacial score (nSPS) is 17.8. The maximum absolute atomic E-state index is 13.2. The molecule has 1 atom stereocenters. The smallest absolute Gasteiger partial charge is 0.295 e. The molecule has 1 fully saturated rings. The van der Waals surface area contributed by atoms with Gasteiger partial charge >= 0.3 is 0 Å². The zero-order valence-corrected chi connectivity index (χ0v) is 17.2. The zero-order chi connectivity index (χ0) is 22.1. The van der Waals surface area contributed by atoms with Gasteiger partial charge in [0.15, 0.2) is 0 Å². The van der Waals surface area contributed by atoms with E-state index in [-0.39, 0.29) is 17.9 Å². The van der Waals surface area contributed by atoms with Gasteiger partial charge in [-0.2, -0.15) is 0 Å². The lowest BCUT2D eigenvalue weighted by Gasteiger charge is -2.25. The van der Waals surface area contributed by atoms with Gasteiger partial charge in [-0.25, -0.2) is 0 Å². The molecule has 5 rings (SSSR count). The number of aliphatic hydroxyl groups is 1. The van der Waals surface area contributed by atoms with Crippen molar-refractivity contribution in [2.75, 3.05) is 0 Å². The number of carbonyl (C=O) groups is 2. The molecule has 0 bridgehead atoms. The largest absolute Gasteiger partial charge is 0.507 e. The summed E-state index contributed by atoms with van der Waals surface area (Å²) in [5, 5.41) is 13.1. The van der Waals surface area contributed by atoms with Crippen LogP contribution in [0.25, 0.3) is 16.5 Å². The van der Waals surface area contributed by atoms with E-state index in [2.05, 4.69) is 4.98 Å². The standard InChI is InChI=1S/C27H20N2O3/c30-25(22-14-6-12-19-9-4-5-13-21(19)22)23-24(20-10-2-1-3-11-20)29(27(32)26(23)31)17-18-8-7-15-28-16-18/h1-16,24,30H,17H2/b25-23-. The minimum absolute atomic E-state index is 0.0986. The maximum atomic E-state index is 13.2. The average molecular weight is 420 g/mol. The van der Waals surface area contributed by atoms with Crippen LogP contribution in [0.1, 0.15) is 22.7 Å². The molecule has 1 amide bonds. The summed E-state index contributed by atoms with van der Waals surface area (Å²) in [5.41, 5.74) is 2.20. The number of hydrogen-bond acceptors (Lipinski definition) is 4. The van der Waals surface area contributed by atoms with E-state index in [4.69, 9.17) is 0 Å². The molecule has 5 nitrogen and oxygen atoms in total. The molecular weight excluding hydrogens is 400 g/mol.